The van der Waals surface area contributed by atoms with E-state index in [0.717, 1.165) is 0 Å². The van der Waals surface area contributed by atoms with Crippen molar-refractivity contribution in [2.75, 3.05) is 0 Å². The highest BCUT2D eigenvalue weighted by Crippen LogP contribution is 2.26. The highest BCUT2D eigenvalue weighted by Gasteiger charge is 2.35. The lowest BCUT2D eigenvalue weighted by atomic mass is 9.87. The molecule has 4 nitrogen and oxygen atoms in total. The van der Waals surface area contributed by atoms with Gasteiger partial charge in [0.25, 0.3) is 0 Å². The lowest BCUT2D eigenvalue weighted by Crippen LogP contribution is -2.41. The Morgan fingerprint density at radius 3 is 2.88 bits per heavy atom. The molecule has 0 radical (unpaired) electrons. The summed E-state index contributed by atoms with van der Waals surface area (Å²) >= 11 is 0. The van der Waals surface area contributed by atoms with E-state index in [4.69, 9.17) is 4.74 Å². The van der Waals surface area contributed by atoms with E-state index in [1.165, 1.54) is 0 Å². The molecule has 1 saturated heterocycles. The number of carbonyl (C=O) groups is 1. The van der Waals surface area contributed by atoms with Crippen LogP contribution in [0, 0.1) is 5.92 Å². The Morgan fingerprint density at radius 2 is 2.29 bits per heavy atom. The molecule has 17 heavy (non-hydrogen) atoms. The Kier molecular flexibility index (Phi) is 5.38. The standard InChI is InChI=1S/C13H20O4/c1-3-4-5-10-11(15)8-13(16)17-12(10)7-6-9(2)14/h3-4,6-7,9-12,14-15H,5,8H2,1-2H3/b4-3-,7-6+/t9-,10-,11-,12+/m0/s1. The highest BCUT2D eigenvalue weighted by molar-refractivity contribution is 5.71. The second-order valence-corrected chi connectivity index (χ2v) is 4.32. The van der Waals surface area contributed by atoms with Crippen LogP contribution in [0.25, 0.3) is 0 Å². The fourth-order valence-corrected chi connectivity index (χ4v) is 1.87. The van der Waals surface area contributed by atoms with Gasteiger partial charge in [-0.1, -0.05) is 18.2 Å². The number of cyclic esters (lactones) is 1. The Morgan fingerprint density at radius 1 is 1.59 bits per heavy atom. The number of ether oxygens (including phenoxy) is 1. The van der Waals surface area contributed by atoms with Gasteiger partial charge in [0.05, 0.1) is 18.6 Å². The average molecular weight is 240 g/mol. The third-order valence-electron chi connectivity index (χ3n) is 2.78. The zero-order valence-corrected chi connectivity index (χ0v) is 10.2. The molecule has 1 heterocycles. The molecule has 96 valence electrons. The van der Waals surface area contributed by atoms with Gasteiger partial charge in [0.15, 0.2) is 0 Å². The maximum atomic E-state index is 11.3. The molecule has 4 heteroatoms. The van der Waals surface area contributed by atoms with Gasteiger partial charge >= 0.3 is 5.97 Å². The van der Waals surface area contributed by atoms with Crippen molar-refractivity contribution in [3.05, 3.63) is 24.3 Å². The summed E-state index contributed by atoms with van der Waals surface area (Å²) in [6.07, 6.45) is 6.02. The molecule has 0 aliphatic carbocycles. The van der Waals surface area contributed by atoms with Crippen molar-refractivity contribution in [3.63, 3.8) is 0 Å². The minimum Gasteiger partial charge on any atom is -0.458 e. The third kappa shape index (κ3) is 4.32. The smallest absolute Gasteiger partial charge is 0.309 e. The SMILES string of the molecule is C/C=C\C[C@H]1[C@@H](O)CC(=O)O[C@@H]1/C=C/[C@H](C)O. The summed E-state index contributed by atoms with van der Waals surface area (Å²) < 4.78 is 5.19. The number of aliphatic hydroxyl groups excluding tert-OH is 2. The molecule has 0 saturated carbocycles. The molecule has 0 aromatic heterocycles. The largest absolute Gasteiger partial charge is 0.458 e. The van der Waals surface area contributed by atoms with Crippen LogP contribution >= 0.6 is 0 Å². The van der Waals surface area contributed by atoms with Crippen molar-refractivity contribution in [2.45, 2.75) is 45.0 Å². The topological polar surface area (TPSA) is 66.8 Å². The van der Waals surface area contributed by atoms with Crippen LogP contribution in [0.3, 0.4) is 0 Å². The van der Waals surface area contributed by atoms with E-state index in [2.05, 4.69) is 0 Å². The van der Waals surface area contributed by atoms with Gasteiger partial charge in [-0.25, -0.2) is 0 Å². The minimum absolute atomic E-state index is 0.0429. The molecule has 2 N–H and O–H groups in total. The van der Waals surface area contributed by atoms with E-state index in [9.17, 15) is 15.0 Å². The highest BCUT2D eigenvalue weighted by atomic mass is 16.5. The van der Waals surface area contributed by atoms with E-state index >= 15 is 0 Å². The summed E-state index contributed by atoms with van der Waals surface area (Å²) in [6, 6.07) is 0. The van der Waals surface area contributed by atoms with Gasteiger partial charge in [-0.15, -0.1) is 0 Å². The fraction of sp³-hybridized carbons (Fsp3) is 0.615. The van der Waals surface area contributed by atoms with Gasteiger partial charge in [0, 0.05) is 5.92 Å². The fourth-order valence-electron chi connectivity index (χ4n) is 1.87. The lowest BCUT2D eigenvalue weighted by Gasteiger charge is -2.32. The molecule has 0 aromatic carbocycles. The Bertz CT molecular complexity index is 307. The summed E-state index contributed by atoms with van der Waals surface area (Å²) in [5.41, 5.74) is 0. The van der Waals surface area contributed by atoms with Crippen LogP contribution in [-0.2, 0) is 9.53 Å². The van der Waals surface area contributed by atoms with E-state index in [-0.39, 0.29) is 12.3 Å². The van der Waals surface area contributed by atoms with Crippen LogP contribution in [-0.4, -0.2) is 34.5 Å². The molecule has 0 bridgehead atoms. The first kappa shape index (κ1) is 13.9. The number of esters is 1. The lowest BCUT2D eigenvalue weighted by molar-refractivity contribution is -0.163. The van der Waals surface area contributed by atoms with Gasteiger partial charge in [0.2, 0.25) is 0 Å². The average Bonchev–Trinajstić information content (AvgIpc) is 2.24. The van der Waals surface area contributed by atoms with Crippen LogP contribution in [0.5, 0.6) is 0 Å². The zero-order chi connectivity index (χ0) is 12.8. The maximum Gasteiger partial charge on any atom is 0.309 e. The predicted molar refractivity (Wildman–Crippen MR) is 64.2 cm³/mol. The van der Waals surface area contributed by atoms with E-state index in [0.29, 0.717) is 6.42 Å². The first-order valence-electron chi connectivity index (χ1n) is 5.89. The molecular weight excluding hydrogens is 220 g/mol. The maximum absolute atomic E-state index is 11.3. The summed E-state index contributed by atoms with van der Waals surface area (Å²) in [7, 11) is 0. The molecular formula is C13H20O4. The van der Waals surface area contributed by atoms with Gasteiger partial charge in [-0.05, 0) is 26.3 Å². The number of hydrogen-bond donors (Lipinski definition) is 2. The number of aliphatic hydroxyl groups is 2. The van der Waals surface area contributed by atoms with Crippen LogP contribution in [0.2, 0.25) is 0 Å². The second kappa shape index (κ2) is 6.57. The van der Waals surface area contributed by atoms with E-state index < -0.39 is 24.3 Å². The molecule has 0 spiro atoms. The zero-order valence-electron chi connectivity index (χ0n) is 10.2. The first-order valence-corrected chi connectivity index (χ1v) is 5.89. The third-order valence-corrected chi connectivity index (χ3v) is 2.78. The molecule has 1 aliphatic rings. The minimum atomic E-state index is -0.684. The monoisotopic (exact) mass is 240 g/mol. The predicted octanol–water partition coefficient (Wildman–Crippen LogP) is 1.18. The van der Waals surface area contributed by atoms with Crippen LogP contribution in [0.4, 0.5) is 0 Å². The van der Waals surface area contributed by atoms with Gasteiger partial charge in [-0.2, -0.15) is 0 Å². The van der Waals surface area contributed by atoms with Crippen LogP contribution in [0.1, 0.15) is 26.7 Å². The molecule has 0 amide bonds. The van der Waals surface area contributed by atoms with Crippen molar-refractivity contribution in [2.24, 2.45) is 5.92 Å². The van der Waals surface area contributed by atoms with Gasteiger partial charge in [-0.3, -0.25) is 4.79 Å². The molecule has 1 rings (SSSR count). The Balaban J connectivity index is 2.74. The number of allylic oxidation sites excluding steroid dienone is 2. The van der Waals surface area contributed by atoms with Crippen molar-refractivity contribution in [3.8, 4) is 0 Å². The van der Waals surface area contributed by atoms with Gasteiger partial charge < -0.3 is 14.9 Å². The quantitative estimate of drug-likeness (QED) is 0.572. The number of carbonyl (C=O) groups excluding carboxylic acids is 1. The molecule has 4 atom stereocenters. The van der Waals surface area contributed by atoms with E-state index in [1.54, 1.807) is 19.1 Å². The number of hydrogen-bond acceptors (Lipinski definition) is 4. The summed E-state index contributed by atoms with van der Waals surface area (Å²) in [5.74, 6) is -0.534. The number of rotatable bonds is 4. The van der Waals surface area contributed by atoms with Crippen molar-refractivity contribution < 1.29 is 19.7 Å². The van der Waals surface area contributed by atoms with Crippen molar-refractivity contribution in [1.29, 1.82) is 0 Å². The molecule has 1 fully saturated rings. The molecule has 0 unspecified atom stereocenters. The second-order valence-electron chi connectivity index (χ2n) is 4.32. The normalized spacial score (nSPS) is 32.0. The van der Waals surface area contributed by atoms with Gasteiger partial charge in [0.1, 0.15) is 6.10 Å². The van der Waals surface area contributed by atoms with Crippen LogP contribution in [0.15, 0.2) is 24.3 Å². The summed E-state index contributed by atoms with van der Waals surface area (Å²) in [6.45, 7) is 3.53. The van der Waals surface area contributed by atoms with Crippen LogP contribution < -0.4 is 0 Å². The first-order chi connectivity index (χ1) is 8.04. The molecule has 0 aromatic rings. The summed E-state index contributed by atoms with van der Waals surface area (Å²) in [5, 5.41) is 19.0. The Hall–Kier alpha value is -1.13. The molecule has 1 aliphatic heterocycles. The van der Waals surface area contributed by atoms with Crippen molar-refractivity contribution >= 4 is 5.97 Å². The van der Waals surface area contributed by atoms with Crippen molar-refractivity contribution in [1.82, 2.24) is 0 Å². The van der Waals surface area contributed by atoms with E-state index in [1.807, 2.05) is 19.1 Å². The Labute approximate surface area is 102 Å². The summed E-state index contributed by atoms with van der Waals surface area (Å²) in [4.78, 5) is 11.3.